The Kier molecular flexibility index (Phi) is 11.4. The van der Waals surface area contributed by atoms with Crippen LogP contribution in [0.4, 0.5) is 0 Å². The second-order valence-corrected chi connectivity index (χ2v) is 24.0. The summed E-state index contributed by atoms with van der Waals surface area (Å²) < 4.78 is 9.40. The van der Waals surface area contributed by atoms with E-state index in [1.807, 2.05) is 12.1 Å². The summed E-state index contributed by atoms with van der Waals surface area (Å²) in [4.78, 5) is 0. The Balaban J connectivity index is 1.17. The van der Waals surface area contributed by atoms with Gasteiger partial charge in [-0.25, -0.2) is 0 Å². The maximum Gasteiger partial charge on any atom is 0.102 e. The molecule has 0 aliphatic rings. The molecular formula is C80H46N4S2. The first-order valence-electron chi connectivity index (χ1n) is 28.9. The molecule has 0 spiro atoms. The van der Waals surface area contributed by atoms with E-state index in [4.69, 9.17) is 0 Å². The van der Waals surface area contributed by atoms with Crippen molar-refractivity contribution < 1.29 is 0 Å². The fourth-order valence-electron chi connectivity index (χ4n) is 13.9. The van der Waals surface area contributed by atoms with Gasteiger partial charge in [0.1, 0.15) is 12.1 Å². The predicted octanol–water partition coefficient (Wildman–Crippen LogP) is 22.4. The molecule has 17 rings (SSSR count). The molecule has 0 saturated carbocycles. The van der Waals surface area contributed by atoms with Crippen LogP contribution in [0.3, 0.4) is 0 Å². The lowest BCUT2D eigenvalue weighted by Gasteiger charge is -2.27. The van der Waals surface area contributed by atoms with E-state index in [1.54, 1.807) is 22.7 Å². The van der Waals surface area contributed by atoms with Crippen LogP contribution in [0.2, 0.25) is 0 Å². The molecule has 0 atom stereocenters. The van der Waals surface area contributed by atoms with E-state index in [-0.39, 0.29) is 0 Å². The third-order valence-corrected chi connectivity index (χ3v) is 19.8. The van der Waals surface area contributed by atoms with Gasteiger partial charge < -0.3 is 9.13 Å². The standard InChI is InChI=1S/C80H46N4S2/c81-47-65-71(57-37-15-13-33-53(57)49-25-5-1-6-26-49)66(48-82)76(84-68-42-22-18-36-56(68)64-46-62(52-31-11-4-12-32-52)73-60-40-20-24-44-70(60)86-80(73)78(64)84)74(58-38-16-14-34-54(58)50-27-7-2-8-28-50)75(65)83-67-41-21-17-35-55(67)63-45-61(51-29-9-3-10-30-51)72-59-39-19-23-43-69(59)85-79(72)77(63)83/h1-46H. The molecule has 0 unspecified atom stereocenters. The van der Waals surface area contributed by atoms with Gasteiger partial charge in [-0.05, 0) is 92.0 Å². The average molecular weight is 1130 g/mol. The van der Waals surface area contributed by atoms with Crippen LogP contribution in [-0.2, 0) is 0 Å². The van der Waals surface area contributed by atoms with Crippen molar-refractivity contribution in [1.82, 2.24) is 9.13 Å². The van der Waals surface area contributed by atoms with E-state index in [9.17, 15) is 10.5 Å². The van der Waals surface area contributed by atoms with Gasteiger partial charge in [-0.2, -0.15) is 10.5 Å². The smallest absolute Gasteiger partial charge is 0.102 e. The summed E-state index contributed by atoms with van der Waals surface area (Å²) in [5.74, 6) is 0. The van der Waals surface area contributed by atoms with Gasteiger partial charge >= 0.3 is 0 Å². The maximum absolute atomic E-state index is 12.8. The summed E-state index contributed by atoms with van der Waals surface area (Å²) >= 11 is 3.59. The number of hydrogen-bond donors (Lipinski definition) is 0. The number of thiophene rings is 2. The number of para-hydroxylation sites is 2. The normalized spacial score (nSPS) is 11.7. The molecule has 86 heavy (non-hydrogen) atoms. The van der Waals surface area contributed by atoms with E-state index in [0.29, 0.717) is 28.1 Å². The van der Waals surface area contributed by atoms with Crippen LogP contribution >= 0.6 is 22.7 Å². The lowest BCUT2D eigenvalue weighted by atomic mass is 9.82. The van der Waals surface area contributed by atoms with E-state index >= 15 is 0 Å². The maximum atomic E-state index is 12.8. The summed E-state index contributed by atoms with van der Waals surface area (Å²) in [5.41, 5.74) is 17.5. The van der Waals surface area contributed by atoms with E-state index in [1.165, 1.54) is 20.2 Å². The number of nitrogens with zero attached hydrogens (tertiary/aromatic N) is 4. The molecule has 6 heteroatoms. The van der Waals surface area contributed by atoms with Crippen molar-refractivity contribution in [3.63, 3.8) is 0 Å². The summed E-state index contributed by atoms with van der Waals surface area (Å²) in [6.45, 7) is 0. The molecule has 0 aliphatic heterocycles. The molecule has 0 N–H and O–H groups in total. The molecule has 398 valence electrons. The third-order valence-electron chi connectivity index (χ3n) is 17.4. The SMILES string of the molecule is N#Cc1c(-c2ccccc2-c2ccccc2)c(C#N)c(-n2c3ccccc3c3cc(-c4ccccc4)c4c5ccccc5sc4c32)c(-c2ccccc2-c2ccccc2)c1-n1c2ccccc2c2cc(-c3ccccc3)c3c4ccccc4sc3c21. The monoisotopic (exact) mass is 1130 g/mol. The number of benzene rings is 13. The number of fused-ring (bicyclic) bond motifs is 14. The lowest BCUT2D eigenvalue weighted by Crippen LogP contribution is -2.12. The Bertz CT molecular complexity index is 5450. The zero-order valence-electron chi connectivity index (χ0n) is 46.2. The van der Waals surface area contributed by atoms with Crippen molar-refractivity contribution in [3.8, 4) is 90.3 Å². The van der Waals surface area contributed by atoms with E-state index < -0.39 is 0 Å². The molecule has 13 aromatic carbocycles. The highest BCUT2D eigenvalue weighted by Gasteiger charge is 2.35. The largest absolute Gasteiger partial charge is 0.306 e. The van der Waals surface area contributed by atoms with Gasteiger partial charge in [0, 0.05) is 63.6 Å². The lowest BCUT2D eigenvalue weighted by molar-refractivity contribution is 1.13. The van der Waals surface area contributed by atoms with Gasteiger partial charge in [-0.1, -0.05) is 243 Å². The van der Waals surface area contributed by atoms with Crippen LogP contribution in [0.15, 0.2) is 279 Å². The first kappa shape index (κ1) is 49.5. The van der Waals surface area contributed by atoms with Gasteiger partial charge in [0.25, 0.3) is 0 Å². The first-order chi connectivity index (χ1) is 42.7. The highest BCUT2D eigenvalue weighted by molar-refractivity contribution is 7.27. The highest BCUT2D eigenvalue weighted by atomic mass is 32.1. The van der Waals surface area contributed by atoms with Crippen LogP contribution < -0.4 is 0 Å². The Labute approximate surface area is 503 Å². The Morgan fingerprint density at radius 2 is 0.593 bits per heavy atom. The van der Waals surface area contributed by atoms with Crippen LogP contribution in [0.5, 0.6) is 0 Å². The predicted molar refractivity (Wildman–Crippen MR) is 363 cm³/mol. The molecule has 0 radical (unpaired) electrons. The number of rotatable bonds is 8. The summed E-state index contributed by atoms with van der Waals surface area (Å²) in [7, 11) is 0. The van der Waals surface area contributed by atoms with E-state index in [0.717, 1.165) is 125 Å². The molecule has 4 nitrogen and oxygen atoms in total. The molecular weight excluding hydrogens is 1080 g/mol. The minimum Gasteiger partial charge on any atom is -0.306 e. The topological polar surface area (TPSA) is 57.4 Å². The van der Waals surface area contributed by atoms with Crippen molar-refractivity contribution >= 4 is 107 Å². The van der Waals surface area contributed by atoms with Crippen LogP contribution in [0.1, 0.15) is 11.1 Å². The summed E-state index contributed by atoms with van der Waals surface area (Å²) in [6.07, 6.45) is 0. The average Bonchev–Trinajstić information content (AvgIpc) is 1.51. The first-order valence-corrected chi connectivity index (χ1v) is 30.5. The van der Waals surface area contributed by atoms with Crippen molar-refractivity contribution in [2.45, 2.75) is 0 Å². The molecule has 0 amide bonds. The molecule has 4 aromatic heterocycles. The van der Waals surface area contributed by atoms with Crippen molar-refractivity contribution in [2.24, 2.45) is 0 Å². The van der Waals surface area contributed by atoms with Crippen molar-refractivity contribution in [1.29, 1.82) is 10.5 Å². The molecule has 17 aromatic rings. The molecule has 0 fully saturated rings. The molecule has 4 heterocycles. The summed E-state index contributed by atoms with van der Waals surface area (Å²) in [5, 5.41) is 34.5. The second-order valence-electron chi connectivity index (χ2n) is 21.9. The Morgan fingerprint density at radius 3 is 0.988 bits per heavy atom. The zero-order valence-corrected chi connectivity index (χ0v) is 47.8. The third kappa shape index (κ3) is 7.32. The van der Waals surface area contributed by atoms with Gasteiger partial charge in [0.15, 0.2) is 0 Å². The quantitative estimate of drug-likeness (QED) is 0.152. The van der Waals surface area contributed by atoms with Crippen LogP contribution in [0.25, 0.3) is 162 Å². The Morgan fingerprint density at radius 1 is 0.279 bits per heavy atom. The van der Waals surface area contributed by atoms with Gasteiger partial charge in [-0.3, -0.25) is 0 Å². The number of hydrogen-bond acceptors (Lipinski definition) is 4. The second kappa shape index (κ2) is 19.8. The van der Waals surface area contributed by atoms with E-state index in [2.05, 4.69) is 288 Å². The van der Waals surface area contributed by atoms with Crippen LogP contribution in [-0.4, -0.2) is 9.13 Å². The molecule has 0 aliphatic carbocycles. The van der Waals surface area contributed by atoms with Gasteiger partial charge in [0.05, 0.1) is 54.0 Å². The van der Waals surface area contributed by atoms with Gasteiger partial charge in [-0.15, -0.1) is 22.7 Å². The van der Waals surface area contributed by atoms with Crippen molar-refractivity contribution in [3.05, 3.63) is 290 Å². The fraction of sp³-hybridized carbons (Fsp3) is 0. The molecule has 0 bridgehead atoms. The van der Waals surface area contributed by atoms with Gasteiger partial charge in [0.2, 0.25) is 0 Å². The van der Waals surface area contributed by atoms with Crippen LogP contribution in [0, 0.1) is 22.7 Å². The minimum atomic E-state index is 0.398. The molecule has 0 saturated heterocycles. The number of aromatic nitrogens is 2. The highest BCUT2D eigenvalue weighted by Crippen LogP contribution is 2.56. The number of nitriles is 2. The minimum absolute atomic E-state index is 0.398. The fourth-order valence-corrected chi connectivity index (χ4v) is 16.4. The van der Waals surface area contributed by atoms with Crippen molar-refractivity contribution in [2.75, 3.05) is 0 Å². The Hall–Kier alpha value is -11.1. The zero-order chi connectivity index (χ0) is 57.0. The summed E-state index contributed by atoms with van der Waals surface area (Å²) in [6, 6.07) is 105.